The van der Waals surface area contributed by atoms with Crippen molar-refractivity contribution in [2.75, 3.05) is 63.1 Å². The number of amides is 1. The quantitative estimate of drug-likeness (QED) is 0.130. The molecule has 1 aliphatic heterocycles. The monoisotopic (exact) mass is 606 g/mol. The fourth-order valence-electron chi connectivity index (χ4n) is 5.01. The molecule has 1 aliphatic rings. The number of benzene rings is 1. The minimum absolute atomic E-state index is 0.0199. The average molecular weight is 607 g/mol. The largest absolute Gasteiger partial charge is 0.419 e. The van der Waals surface area contributed by atoms with E-state index in [2.05, 4.69) is 51.5 Å². The summed E-state index contributed by atoms with van der Waals surface area (Å²) in [6.07, 6.45) is 1.15. The molecule has 0 aliphatic carbocycles. The highest BCUT2D eigenvalue weighted by molar-refractivity contribution is 5.95. The van der Waals surface area contributed by atoms with E-state index in [-0.39, 0.29) is 17.5 Å². The molecule has 43 heavy (non-hydrogen) atoms. The molecule has 1 aromatic carbocycles. The normalized spacial score (nSPS) is 16.3. The van der Waals surface area contributed by atoms with Crippen molar-refractivity contribution >= 4 is 23.1 Å². The molecule has 1 aromatic rings. The van der Waals surface area contributed by atoms with Crippen molar-refractivity contribution in [3.63, 3.8) is 0 Å². The van der Waals surface area contributed by atoms with Gasteiger partial charge in [-0.2, -0.15) is 13.2 Å². The molecule has 2 N–H and O–H groups in total. The summed E-state index contributed by atoms with van der Waals surface area (Å²) < 4.78 is 43.0. The maximum atomic E-state index is 14.3. The fraction of sp³-hybridized carbons (Fsp3) is 0.636. The maximum Gasteiger partial charge on any atom is 0.419 e. The summed E-state index contributed by atoms with van der Waals surface area (Å²) in [5, 5.41) is 6.25. The molecule has 2 rings (SSSR count). The molecular weight excluding hydrogens is 553 g/mol. The van der Waals surface area contributed by atoms with Crippen molar-refractivity contribution < 1.29 is 18.0 Å². The molecule has 1 amide bonds. The Morgan fingerprint density at radius 2 is 1.81 bits per heavy atom. The molecule has 1 heterocycles. The summed E-state index contributed by atoms with van der Waals surface area (Å²) in [5.74, 6) is 0.417. The number of nitrogens with zero attached hydrogens (tertiary/aromatic N) is 4. The van der Waals surface area contributed by atoms with Crippen molar-refractivity contribution in [3.05, 3.63) is 47.3 Å². The molecule has 7 nitrogen and oxygen atoms in total. The second-order valence-electron chi connectivity index (χ2n) is 11.4. The zero-order valence-electron chi connectivity index (χ0n) is 27.3. The van der Waals surface area contributed by atoms with Gasteiger partial charge in [0.25, 0.3) is 0 Å². The number of aryl methyl sites for hydroxylation is 1. The number of hydrogen-bond acceptors (Lipinski definition) is 5. The molecule has 242 valence electrons. The van der Waals surface area contributed by atoms with E-state index in [1.807, 2.05) is 33.8 Å². The number of rotatable bonds is 15. The standard InChI is InChI=1S/C33H53F3N6O/c1-8-12-14-31(38-22-25(5)24-41(11-4)32(43)13-9-2)29(33(34,35)36)23-37-26(6)39-30-16-15-28(21-27(30)10-3)42-19-17-40(7)18-20-42/h14-16,21,23,25,38H,8-13,17-20,22,24H2,1-7H3,(H,37,39)/b29-23+,31-14-. The lowest BCUT2D eigenvalue weighted by Gasteiger charge is -2.34. The van der Waals surface area contributed by atoms with Gasteiger partial charge in [-0.05, 0) is 69.8 Å². The number of carbonyl (C=O) groups is 1. The molecule has 0 saturated carbocycles. The van der Waals surface area contributed by atoms with Gasteiger partial charge >= 0.3 is 6.18 Å². The number of unbranched alkanes of at least 4 members (excludes halogenated alkanes) is 1. The Morgan fingerprint density at radius 1 is 1.12 bits per heavy atom. The van der Waals surface area contributed by atoms with Crippen LogP contribution in [0.1, 0.15) is 72.8 Å². The third kappa shape index (κ3) is 11.9. The van der Waals surface area contributed by atoms with Gasteiger partial charge in [-0.1, -0.05) is 40.2 Å². The first-order chi connectivity index (χ1) is 20.4. The number of carbonyl (C=O) groups excluding carboxylic acids is 1. The van der Waals surface area contributed by atoms with Crippen LogP contribution in [0.3, 0.4) is 0 Å². The van der Waals surface area contributed by atoms with Gasteiger partial charge in [-0.15, -0.1) is 0 Å². The predicted molar refractivity (Wildman–Crippen MR) is 174 cm³/mol. The molecule has 0 aromatic heterocycles. The summed E-state index contributed by atoms with van der Waals surface area (Å²) in [5.41, 5.74) is 2.29. The Bertz CT molecular complexity index is 1110. The van der Waals surface area contributed by atoms with Crippen LogP contribution in [0, 0.1) is 5.92 Å². The van der Waals surface area contributed by atoms with Crippen LogP contribution in [0.4, 0.5) is 24.5 Å². The van der Waals surface area contributed by atoms with Crippen LogP contribution in [-0.2, 0) is 11.2 Å². The van der Waals surface area contributed by atoms with Crippen LogP contribution in [-0.4, -0.2) is 80.6 Å². The first-order valence-corrected chi connectivity index (χ1v) is 15.8. The Labute approximate surface area is 257 Å². The topological polar surface area (TPSA) is 63.2 Å². The smallest absolute Gasteiger partial charge is 0.384 e. The van der Waals surface area contributed by atoms with Crippen LogP contribution in [0.15, 0.2) is 46.7 Å². The zero-order valence-corrected chi connectivity index (χ0v) is 27.3. The molecular formula is C33H53F3N6O. The van der Waals surface area contributed by atoms with Gasteiger partial charge in [-0.25, -0.2) is 4.99 Å². The summed E-state index contributed by atoms with van der Waals surface area (Å²) in [6, 6.07) is 6.20. The van der Waals surface area contributed by atoms with Crippen LogP contribution in [0.2, 0.25) is 0 Å². The Morgan fingerprint density at radius 3 is 2.40 bits per heavy atom. The van der Waals surface area contributed by atoms with Gasteiger partial charge in [0.2, 0.25) is 5.91 Å². The Kier molecular flexibility index (Phi) is 15.1. The molecule has 0 radical (unpaired) electrons. The fourth-order valence-corrected chi connectivity index (χ4v) is 5.01. The lowest BCUT2D eigenvalue weighted by molar-refractivity contribution is -0.131. The van der Waals surface area contributed by atoms with E-state index in [0.717, 1.165) is 68.6 Å². The van der Waals surface area contributed by atoms with E-state index < -0.39 is 11.7 Å². The number of aliphatic imine (C=N–C) groups is 1. The van der Waals surface area contributed by atoms with Gasteiger partial charge in [0.1, 0.15) is 5.84 Å². The van der Waals surface area contributed by atoms with Gasteiger partial charge in [0, 0.05) is 75.5 Å². The summed E-state index contributed by atoms with van der Waals surface area (Å²) in [6.45, 7) is 16.8. The number of allylic oxidation sites excluding steroid dienone is 2. The number of hydrogen-bond donors (Lipinski definition) is 2. The van der Waals surface area contributed by atoms with E-state index in [9.17, 15) is 18.0 Å². The third-order valence-corrected chi connectivity index (χ3v) is 7.65. The SMILES string of the molecule is CCC/C=C(NCC(C)CN(CC)C(=O)CCC)/C(=C\N=C(C)Nc1ccc(N2CCN(C)CC2)cc1CC)C(F)(F)F. The van der Waals surface area contributed by atoms with E-state index in [0.29, 0.717) is 38.3 Å². The molecule has 1 saturated heterocycles. The van der Waals surface area contributed by atoms with Crippen LogP contribution < -0.4 is 15.5 Å². The Balaban J connectivity index is 2.22. The second kappa shape index (κ2) is 18.0. The van der Waals surface area contributed by atoms with E-state index in [4.69, 9.17) is 0 Å². The molecule has 0 spiro atoms. The van der Waals surface area contributed by atoms with Crippen molar-refractivity contribution in [1.82, 2.24) is 15.1 Å². The highest BCUT2D eigenvalue weighted by Crippen LogP contribution is 2.31. The van der Waals surface area contributed by atoms with Crippen LogP contribution in [0.25, 0.3) is 0 Å². The van der Waals surface area contributed by atoms with Gasteiger partial charge in [0.15, 0.2) is 0 Å². The highest BCUT2D eigenvalue weighted by atomic mass is 19.4. The molecule has 0 bridgehead atoms. The predicted octanol–water partition coefficient (Wildman–Crippen LogP) is 6.84. The molecule has 1 unspecified atom stereocenters. The van der Waals surface area contributed by atoms with Crippen molar-refractivity contribution in [3.8, 4) is 0 Å². The van der Waals surface area contributed by atoms with Crippen LogP contribution >= 0.6 is 0 Å². The van der Waals surface area contributed by atoms with Gasteiger partial charge in [-0.3, -0.25) is 4.79 Å². The number of amidine groups is 1. The Hall–Kier alpha value is -3.01. The van der Waals surface area contributed by atoms with Gasteiger partial charge < -0.3 is 25.3 Å². The summed E-state index contributed by atoms with van der Waals surface area (Å²) in [4.78, 5) is 23.0. The van der Waals surface area contributed by atoms with E-state index in [1.165, 1.54) is 0 Å². The first-order valence-electron chi connectivity index (χ1n) is 15.8. The van der Waals surface area contributed by atoms with Crippen molar-refractivity contribution in [2.24, 2.45) is 10.9 Å². The number of halogens is 3. The average Bonchev–Trinajstić information content (AvgIpc) is 2.96. The van der Waals surface area contributed by atoms with Gasteiger partial charge in [0.05, 0.1) is 5.57 Å². The number of likely N-dealkylation sites (N-methyl/N-ethyl adjacent to an activating group) is 1. The number of nitrogens with one attached hydrogen (secondary N) is 2. The molecule has 10 heteroatoms. The lowest BCUT2D eigenvalue weighted by atomic mass is 10.1. The lowest BCUT2D eigenvalue weighted by Crippen LogP contribution is -2.44. The van der Waals surface area contributed by atoms with Crippen LogP contribution in [0.5, 0.6) is 0 Å². The van der Waals surface area contributed by atoms with Crippen molar-refractivity contribution in [1.29, 1.82) is 0 Å². The summed E-state index contributed by atoms with van der Waals surface area (Å²) in [7, 11) is 2.13. The number of alkyl halides is 3. The number of anilines is 2. The minimum atomic E-state index is -4.59. The van der Waals surface area contributed by atoms with E-state index in [1.54, 1.807) is 17.9 Å². The zero-order chi connectivity index (χ0) is 32.0. The highest BCUT2D eigenvalue weighted by Gasteiger charge is 2.36. The molecule has 1 atom stereocenters. The molecule has 1 fully saturated rings. The summed E-state index contributed by atoms with van der Waals surface area (Å²) >= 11 is 0. The minimum Gasteiger partial charge on any atom is -0.384 e. The van der Waals surface area contributed by atoms with Crippen molar-refractivity contribution in [2.45, 2.75) is 79.8 Å². The second-order valence-corrected chi connectivity index (χ2v) is 11.4. The third-order valence-electron chi connectivity index (χ3n) is 7.65. The first kappa shape index (κ1) is 36.2. The maximum absolute atomic E-state index is 14.3. The van der Waals surface area contributed by atoms with E-state index >= 15 is 0 Å². The number of piperazine rings is 1.